The van der Waals surface area contributed by atoms with Gasteiger partial charge >= 0.3 is 0 Å². The third-order valence-electron chi connectivity index (χ3n) is 3.77. The van der Waals surface area contributed by atoms with Crippen LogP contribution in [0.15, 0.2) is 36.4 Å². The van der Waals surface area contributed by atoms with Gasteiger partial charge in [0.05, 0.1) is 0 Å². The summed E-state index contributed by atoms with van der Waals surface area (Å²) in [6, 6.07) is 10.1. The highest BCUT2D eigenvalue weighted by atomic mass is 19.1. The summed E-state index contributed by atoms with van der Waals surface area (Å²) in [4.78, 5) is 22.7. The Kier molecular flexibility index (Phi) is 12.0. The van der Waals surface area contributed by atoms with E-state index in [1.165, 1.54) is 13.0 Å². The lowest BCUT2D eigenvalue weighted by atomic mass is 10.1. The van der Waals surface area contributed by atoms with Gasteiger partial charge in [-0.15, -0.1) is 0 Å². The van der Waals surface area contributed by atoms with Crippen LogP contribution >= 0.6 is 0 Å². The summed E-state index contributed by atoms with van der Waals surface area (Å²) in [5, 5.41) is 2.40. The Morgan fingerprint density at radius 2 is 1.76 bits per heavy atom. The zero-order valence-corrected chi connectivity index (χ0v) is 18.4. The number of nitrogens with one attached hydrogen (secondary N) is 1. The molecule has 1 atom stereocenters. The topological polar surface area (TPSA) is 81.4 Å². The van der Waals surface area contributed by atoms with Crippen LogP contribution in [0.1, 0.15) is 76.1 Å². The Morgan fingerprint density at radius 1 is 1.14 bits per heavy atom. The molecular weight excluding hydrogens is 371 g/mol. The fourth-order valence-corrected chi connectivity index (χ4v) is 2.44. The molecule has 0 radical (unpaired) electrons. The second kappa shape index (κ2) is 13.3. The third-order valence-corrected chi connectivity index (χ3v) is 3.77. The third kappa shape index (κ3) is 7.94. The van der Waals surface area contributed by atoms with E-state index in [1.54, 1.807) is 6.92 Å². The van der Waals surface area contributed by atoms with Gasteiger partial charge in [-0.25, -0.2) is 4.39 Å². The Balaban J connectivity index is 0.00000184. The van der Waals surface area contributed by atoms with Crippen LogP contribution in [0.25, 0.3) is 0 Å². The summed E-state index contributed by atoms with van der Waals surface area (Å²) in [6.07, 6.45) is 0.463. The Morgan fingerprint density at radius 3 is 2.28 bits per heavy atom. The molecule has 0 fully saturated rings. The number of carbonyl (C=O) groups excluding carboxylic acids is 2. The van der Waals surface area contributed by atoms with Crippen molar-refractivity contribution in [2.75, 3.05) is 5.32 Å². The molecular formula is C23H33FN2O3. The van der Waals surface area contributed by atoms with Crippen LogP contribution in [0.5, 0.6) is 5.75 Å². The fourth-order valence-electron chi connectivity index (χ4n) is 2.44. The van der Waals surface area contributed by atoms with Crippen LogP contribution in [0.4, 0.5) is 10.1 Å². The van der Waals surface area contributed by atoms with Crippen LogP contribution in [-0.4, -0.2) is 11.8 Å². The van der Waals surface area contributed by atoms with Crippen LogP contribution in [0.2, 0.25) is 0 Å². The van der Waals surface area contributed by atoms with Gasteiger partial charge in [-0.3, -0.25) is 9.59 Å². The number of aryl methyl sites for hydroxylation is 1. The number of rotatable bonds is 6. The number of hydrogen-bond donors (Lipinski definition) is 2. The average molecular weight is 405 g/mol. The largest absolute Gasteiger partial charge is 0.484 e. The predicted octanol–water partition coefficient (Wildman–Crippen LogP) is 5.64. The number of halogens is 1. The zero-order chi connectivity index (χ0) is 22.6. The summed E-state index contributed by atoms with van der Waals surface area (Å²) in [6.45, 7) is 13.1. The molecule has 0 aromatic heterocycles. The van der Waals surface area contributed by atoms with Gasteiger partial charge < -0.3 is 15.8 Å². The second-order valence-electron chi connectivity index (χ2n) is 5.74. The van der Waals surface area contributed by atoms with Crippen molar-refractivity contribution in [2.45, 2.75) is 61.0 Å². The number of carbonyl (C=O) groups is 2. The lowest BCUT2D eigenvalue weighted by Crippen LogP contribution is -2.15. The van der Waals surface area contributed by atoms with Gasteiger partial charge in [0, 0.05) is 12.5 Å². The minimum atomic E-state index is -0.781. The van der Waals surface area contributed by atoms with Crippen LogP contribution in [0.3, 0.4) is 0 Å². The van der Waals surface area contributed by atoms with Crippen LogP contribution in [0, 0.1) is 5.82 Å². The van der Waals surface area contributed by atoms with Gasteiger partial charge in [0.15, 0.2) is 5.82 Å². The van der Waals surface area contributed by atoms with Gasteiger partial charge in [-0.2, -0.15) is 0 Å². The molecule has 0 spiro atoms. The Bertz CT molecular complexity index is 807. The molecule has 2 aromatic rings. The van der Waals surface area contributed by atoms with Crippen molar-refractivity contribution in [3.05, 3.63) is 58.9 Å². The number of amides is 2. The summed E-state index contributed by atoms with van der Waals surface area (Å²) < 4.78 is 20.1. The van der Waals surface area contributed by atoms with Gasteiger partial charge in [-0.1, -0.05) is 58.9 Å². The fraction of sp³-hybridized carbons (Fsp3) is 0.391. The minimum absolute atomic E-state index is 0.0314. The van der Waals surface area contributed by atoms with E-state index in [1.807, 2.05) is 58.9 Å². The second-order valence-corrected chi connectivity index (χ2v) is 5.74. The predicted molar refractivity (Wildman–Crippen MR) is 117 cm³/mol. The highest BCUT2D eigenvalue weighted by molar-refractivity contribution is 5.96. The molecule has 2 amide bonds. The molecule has 0 saturated heterocycles. The van der Waals surface area contributed by atoms with Gasteiger partial charge in [0.2, 0.25) is 11.8 Å². The lowest BCUT2D eigenvalue weighted by molar-refractivity contribution is -0.114. The number of benzene rings is 2. The van der Waals surface area contributed by atoms with Gasteiger partial charge in [0.25, 0.3) is 0 Å². The van der Waals surface area contributed by atoms with Crippen molar-refractivity contribution >= 4 is 17.5 Å². The first-order chi connectivity index (χ1) is 13.8. The maximum Gasteiger partial charge on any atom is 0.248 e. The SMILES string of the molecule is CC.CC.CCc1cccc(C(C)Oc2cc(C(N)=O)cc(F)c2NC(C)=O)c1. The smallest absolute Gasteiger partial charge is 0.248 e. The van der Waals surface area contributed by atoms with E-state index in [9.17, 15) is 14.0 Å². The van der Waals surface area contributed by atoms with Crippen molar-refractivity contribution in [3.63, 3.8) is 0 Å². The zero-order valence-electron chi connectivity index (χ0n) is 18.4. The molecule has 0 aliphatic rings. The molecule has 6 heteroatoms. The first-order valence-electron chi connectivity index (χ1n) is 9.98. The van der Waals surface area contributed by atoms with Crippen molar-refractivity contribution < 1.29 is 18.7 Å². The summed E-state index contributed by atoms with van der Waals surface area (Å²) in [5.74, 6) is -1.95. The highest BCUT2D eigenvalue weighted by Crippen LogP contribution is 2.33. The molecule has 29 heavy (non-hydrogen) atoms. The summed E-state index contributed by atoms with van der Waals surface area (Å²) in [5.41, 5.74) is 7.13. The maximum atomic E-state index is 14.3. The van der Waals surface area contributed by atoms with Gasteiger partial charge in [0.1, 0.15) is 17.5 Å². The van der Waals surface area contributed by atoms with Crippen molar-refractivity contribution in [3.8, 4) is 5.75 Å². The lowest BCUT2D eigenvalue weighted by Gasteiger charge is -2.19. The highest BCUT2D eigenvalue weighted by Gasteiger charge is 2.18. The molecule has 1 unspecified atom stereocenters. The van der Waals surface area contributed by atoms with E-state index >= 15 is 0 Å². The normalized spacial score (nSPS) is 10.5. The standard InChI is InChI=1S/C19H21FN2O3.2C2H6/c1-4-13-6-5-7-14(8-13)11(2)25-17-10-15(19(21)24)9-16(20)18(17)22-12(3)23;2*1-2/h5-11H,4H2,1-3H3,(H2,21,24)(H,22,23);2*1-2H3. The average Bonchev–Trinajstić information content (AvgIpc) is 2.73. The van der Waals surface area contributed by atoms with E-state index in [4.69, 9.17) is 10.5 Å². The number of hydrogen-bond acceptors (Lipinski definition) is 3. The van der Waals surface area contributed by atoms with Gasteiger partial charge in [-0.05, 0) is 36.6 Å². The quantitative estimate of drug-likeness (QED) is 0.654. The van der Waals surface area contributed by atoms with E-state index in [0.29, 0.717) is 0 Å². The Labute approximate surface area is 173 Å². The molecule has 0 aliphatic carbocycles. The molecule has 0 heterocycles. The molecule has 0 bridgehead atoms. The number of nitrogens with two attached hydrogens (primary N) is 1. The van der Waals surface area contributed by atoms with E-state index in [-0.39, 0.29) is 17.0 Å². The minimum Gasteiger partial charge on any atom is -0.484 e. The molecule has 160 valence electrons. The summed E-state index contributed by atoms with van der Waals surface area (Å²) in [7, 11) is 0. The molecule has 5 nitrogen and oxygen atoms in total. The van der Waals surface area contributed by atoms with Crippen LogP contribution < -0.4 is 15.8 Å². The summed E-state index contributed by atoms with van der Waals surface area (Å²) >= 11 is 0. The van der Waals surface area contributed by atoms with Crippen LogP contribution in [-0.2, 0) is 11.2 Å². The number of ether oxygens (including phenoxy) is 1. The molecule has 2 rings (SSSR count). The molecule has 3 N–H and O–H groups in total. The molecule has 0 saturated carbocycles. The van der Waals surface area contributed by atoms with E-state index in [2.05, 4.69) is 5.32 Å². The van der Waals surface area contributed by atoms with E-state index in [0.717, 1.165) is 23.6 Å². The maximum absolute atomic E-state index is 14.3. The molecule has 0 aliphatic heterocycles. The van der Waals surface area contributed by atoms with E-state index < -0.39 is 23.7 Å². The molecule has 2 aromatic carbocycles. The van der Waals surface area contributed by atoms with Crippen molar-refractivity contribution in [1.82, 2.24) is 0 Å². The monoisotopic (exact) mass is 404 g/mol. The van der Waals surface area contributed by atoms with Crippen molar-refractivity contribution in [1.29, 1.82) is 0 Å². The number of primary amides is 1. The number of anilines is 1. The van der Waals surface area contributed by atoms with Crippen molar-refractivity contribution in [2.24, 2.45) is 5.73 Å². The Hall–Kier alpha value is -2.89. The first-order valence-corrected chi connectivity index (χ1v) is 9.98. The first kappa shape index (κ1) is 26.1.